The van der Waals surface area contributed by atoms with E-state index in [-0.39, 0.29) is 12.4 Å². The Bertz CT molecular complexity index is 110. The Morgan fingerprint density at radius 2 is 1.70 bits per heavy atom. The lowest BCUT2D eigenvalue weighted by Gasteiger charge is -2.71. The molecule has 3 aliphatic carbocycles. The van der Waals surface area contributed by atoms with Crippen molar-refractivity contribution in [2.45, 2.75) is 32.6 Å². The first-order valence-corrected chi connectivity index (χ1v) is 3.94. The highest BCUT2D eigenvalue weighted by atomic mass is 35.5. The van der Waals surface area contributed by atoms with Crippen LogP contribution < -0.4 is 5.73 Å². The van der Waals surface area contributed by atoms with Crippen molar-refractivity contribution in [3.8, 4) is 0 Å². The van der Waals surface area contributed by atoms with Crippen LogP contribution in [0.1, 0.15) is 32.6 Å². The molecule has 3 fully saturated rings. The largest absolute Gasteiger partial charge is 0.330 e. The minimum Gasteiger partial charge on any atom is -0.330 e. The molecule has 3 rings (SSSR count). The van der Waals surface area contributed by atoms with Crippen LogP contribution in [-0.4, -0.2) is 6.54 Å². The van der Waals surface area contributed by atoms with Gasteiger partial charge < -0.3 is 5.73 Å². The van der Waals surface area contributed by atoms with Gasteiger partial charge in [-0.05, 0) is 36.6 Å². The van der Waals surface area contributed by atoms with Crippen molar-refractivity contribution in [2.24, 2.45) is 16.6 Å². The van der Waals surface area contributed by atoms with Gasteiger partial charge in [0, 0.05) is 0 Å². The second-order valence-electron chi connectivity index (χ2n) is 4.09. The number of halogens is 1. The van der Waals surface area contributed by atoms with Crippen molar-refractivity contribution in [1.82, 2.24) is 0 Å². The van der Waals surface area contributed by atoms with Crippen molar-refractivity contribution in [1.29, 1.82) is 0 Å². The standard InChI is InChI=1S/C8H15N.ClH/c1-2-7-3-8(4-7,5-7)6-9;/h2-6,9H2,1H3;1H. The van der Waals surface area contributed by atoms with Crippen LogP contribution in [0.2, 0.25) is 0 Å². The maximum atomic E-state index is 5.62. The Hall–Kier alpha value is 0.250. The number of rotatable bonds is 2. The third-order valence-corrected chi connectivity index (χ3v) is 3.43. The molecule has 0 heterocycles. The first kappa shape index (κ1) is 8.35. The molecule has 0 spiro atoms. The fourth-order valence-corrected chi connectivity index (χ4v) is 2.82. The van der Waals surface area contributed by atoms with Crippen molar-refractivity contribution < 1.29 is 0 Å². The smallest absolute Gasteiger partial charge is 0.00199 e. The van der Waals surface area contributed by atoms with E-state index in [2.05, 4.69) is 6.92 Å². The summed E-state index contributed by atoms with van der Waals surface area (Å²) in [6.45, 7) is 3.24. The van der Waals surface area contributed by atoms with E-state index in [0.717, 1.165) is 12.0 Å². The summed E-state index contributed by atoms with van der Waals surface area (Å²) in [6.07, 6.45) is 5.70. The molecule has 3 aliphatic rings. The Kier molecular flexibility index (Phi) is 1.77. The van der Waals surface area contributed by atoms with Gasteiger partial charge >= 0.3 is 0 Å². The first-order chi connectivity index (χ1) is 4.24. The molecule has 0 aromatic rings. The van der Waals surface area contributed by atoms with Crippen LogP contribution >= 0.6 is 12.4 Å². The van der Waals surface area contributed by atoms with E-state index in [4.69, 9.17) is 5.73 Å². The summed E-state index contributed by atoms with van der Waals surface area (Å²) in [5.74, 6) is 0. The molecule has 60 valence electrons. The quantitative estimate of drug-likeness (QED) is 0.659. The summed E-state index contributed by atoms with van der Waals surface area (Å²) in [6, 6.07) is 0. The van der Waals surface area contributed by atoms with E-state index < -0.39 is 0 Å². The predicted octanol–water partition coefficient (Wildman–Crippen LogP) is 1.95. The van der Waals surface area contributed by atoms with Gasteiger partial charge in [0.25, 0.3) is 0 Å². The number of nitrogens with two attached hydrogens (primary N) is 1. The van der Waals surface area contributed by atoms with Crippen molar-refractivity contribution in [2.75, 3.05) is 6.54 Å². The molecule has 0 aliphatic heterocycles. The van der Waals surface area contributed by atoms with Crippen LogP contribution in [0, 0.1) is 10.8 Å². The molecule has 10 heavy (non-hydrogen) atoms. The Balaban J connectivity index is 0.000000500. The zero-order chi connectivity index (χ0) is 6.54. The lowest BCUT2D eigenvalue weighted by molar-refractivity contribution is -0.197. The van der Waals surface area contributed by atoms with Crippen molar-refractivity contribution in [3.63, 3.8) is 0 Å². The van der Waals surface area contributed by atoms with Crippen LogP contribution in [0.4, 0.5) is 0 Å². The number of hydrogen-bond donors (Lipinski definition) is 1. The Labute approximate surface area is 68.8 Å². The molecule has 0 amide bonds. The summed E-state index contributed by atoms with van der Waals surface area (Å²) < 4.78 is 0. The summed E-state index contributed by atoms with van der Waals surface area (Å²) in [5, 5.41) is 0. The van der Waals surface area contributed by atoms with Gasteiger partial charge in [-0.2, -0.15) is 0 Å². The fraction of sp³-hybridized carbons (Fsp3) is 1.00. The molecule has 0 aromatic heterocycles. The summed E-state index contributed by atoms with van der Waals surface area (Å²) in [7, 11) is 0. The van der Waals surface area contributed by atoms with E-state index in [1.165, 1.54) is 25.7 Å². The van der Waals surface area contributed by atoms with E-state index in [0.29, 0.717) is 5.41 Å². The molecule has 0 aromatic carbocycles. The minimum atomic E-state index is 0. The SMILES string of the molecule is CCC12CC(CN)(C1)C2.Cl. The second-order valence-corrected chi connectivity index (χ2v) is 4.09. The van der Waals surface area contributed by atoms with Crippen molar-refractivity contribution >= 4 is 12.4 Å². The average Bonchev–Trinajstić information content (AvgIpc) is 1.62. The molecular formula is C8H16ClN. The number of hydrogen-bond acceptors (Lipinski definition) is 1. The molecule has 1 nitrogen and oxygen atoms in total. The van der Waals surface area contributed by atoms with E-state index in [1.54, 1.807) is 0 Å². The van der Waals surface area contributed by atoms with Gasteiger partial charge in [0.2, 0.25) is 0 Å². The van der Waals surface area contributed by atoms with Gasteiger partial charge in [0.1, 0.15) is 0 Å². The fourth-order valence-electron chi connectivity index (χ4n) is 2.82. The Morgan fingerprint density at radius 1 is 1.20 bits per heavy atom. The summed E-state index contributed by atoms with van der Waals surface area (Å²) in [4.78, 5) is 0. The molecule has 3 saturated carbocycles. The van der Waals surface area contributed by atoms with Crippen LogP contribution in [0.25, 0.3) is 0 Å². The van der Waals surface area contributed by atoms with Gasteiger partial charge in [0.15, 0.2) is 0 Å². The van der Waals surface area contributed by atoms with E-state index in [9.17, 15) is 0 Å². The van der Waals surface area contributed by atoms with Gasteiger partial charge in [-0.25, -0.2) is 0 Å². The molecule has 0 saturated heterocycles. The lowest BCUT2D eigenvalue weighted by atomic mass is 9.34. The van der Waals surface area contributed by atoms with E-state index >= 15 is 0 Å². The normalized spacial score (nSPS) is 48.6. The minimum absolute atomic E-state index is 0. The maximum Gasteiger partial charge on any atom is -0.00199 e. The highest BCUT2D eigenvalue weighted by Gasteiger charge is 2.65. The second kappa shape index (κ2) is 2.12. The topological polar surface area (TPSA) is 26.0 Å². The summed E-state index contributed by atoms with van der Waals surface area (Å²) in [5.41, 5.74) is 7.06. The van der Waals surface area contributed by atoms with Gasteiger partial charge in [0.05, 0.1) is 0 Å². The highest BCUT2D eigenvalue weighted by molar-refractivity contribution is 5.85. The lowest BCUT2D eigenvalue weighted by Crippen LogP contribution is -2.64. The third-order valence-electron chi connectivity index (χ3n) is 3.43. The highest BCUT2D eigenvalue weighted by Crippen LogP contribution is 2.74. The molecule has 0 radical (unpaired) electrons. The summed E-state index contributed by atoms with van der Waals surface area (Å²) >= 11 is 0. The Morgan fingerprint density at radius 3 is 2.00 bits per heavy atom. The third kappa shape index (κ3) is 0.737. The maximum absolute atomic E-state index is 5.62. The molecular weight excluding hydrogens is 146 g/mol. The van der Waals surface area contributed by atoms with Gasteiger partial charge in [-0.3, -0.25) is 0 Å². The van der Waals surface area contributed by atoms with Crippen LogP contribution in [0.3, 0.4) is 0 Å². The van der Waals surface area contributed by atoms with Gasteiger partial charge in [-0.15, -0.1) is 12.4 Å². The van der Waals surface area contributed by atoms with Crippen molar-refractivity contribution in [3.05, 3.63) is 0 Å². The molecule has 2 N–H and O–H groups in total. The monoisotopic (exact) mass is 161 g/mol. The predicted molar refractivity (Wildman–Crippen MR) is 45.3 cm³/mol. The van der Waals surface area contributed by atoms with Crippen LogP contribution in [0.15, 0.2) is 0 Å². The molecule has 2 heteroatoms. The van der Waals surface area contributed by atoms with Crippen LogP contribution in [0.5, 0.6) is 0 Å². The average molecular weight is 162 g/mol. The van der Waals surface area contributed by atoms with Crippen LogP contribution in [-0.2, 0) is 0 Å². The molecule has 0 atom stereocenters. The zero-order valence-corrected chi connectivity index (χ0v) is 7.34. The first-order valence-electron chi connectivity index (χ1n) is 3.94. The zero-order valence-electron chi connectivity index (χ0n) is 6.52. The van der Waals surface area contributed by atoms with E-state index in [1.807, 2.05) is 0 Å². The molecule has 2 bridgehead atoms. The molecule has 0 unspecified atom stereocenters. The van der Waals surface area contributed by atoms with Gasteiger partial charge in [-0.1, -0.05) is 13.3 Å².